The number of aromatic amines is 1. The number of fused-ring (bicyclic) bond motifs is 1. The molecule has 0 aliphatic rings. The summed E-state index contributed by atoms with van der Waals surface area (Å²) in [5, 5.41) is -0.0667. The largest absolute Gasteiger partial charge is 0.358 e. The van der Waals surface area contributed by atoms with Crippen molar-refractivity contribution >= 4 is 22.5 Å². The maximum absolute atomic E-state index is 12.9. The van der Waals surface area contributed by atoms with E-state index in [1.54, 1.807) is 0 Å². The Morgan fingerprint density at radius 2 is 1.92 bits per heavy atom. The first kappa shape index (κ1) is 7.55. The highest BCUT2D eigenvalue weighted by Gasteiger charge is 2.10. The van der Waals surface area contributed by atoms with Crippen LogP contribution in [0.5, 0.6) is 0 Å². The van der Waals surface area contributed by atoms with Gasteiger partial charge in [0.2, 0.25) is 0 Å². The van der Waals surface area contributed by atoms with Gasteiger partial charge in [-0.15, -0.1) is 0 Å². The van der Waals surface area contributed by atoms with Gasteiger partial charge in [0.15, 0.2) is 0 Å². The third kappa shape index (κ3) is 0.898. The molecule has 4 heteroatoms. The molecule has 0 aliphatic carbocycles. The molecular formula is C8H4ClF2N. The molecule has 0 unspecified atom stereocenters. The molecule has 0 fully saturated rings. The minimum atomic E-state index is -0.609. The Balaban J connectivity index is 2.96. The fraction of sp³-hybridized carbons (Fsp3) is 0. The molecule has 0 amide bonds. The van der Waals surface area contributed by atoms with Gasteiger partial charge in [-0.25, -0.2) is 8.78 Å². The number of aromatic nitrogens is 1. The molecule has 2 aromatic rings. The number of hydrogen-bond acceptors (Lipinski definition) is 0. The summed E-state index contributed by atoms with van der Waals surface area (Å²) in [5.41, 5.74) is 0.499. The van der Waals surface area contributed by atoms with Crippen LogP contribution in [0.25, 0.3) is 10.9 Å². The smallest absolute Gasteiger partial charge is 0.150 e. The van der Waals surface area contributed by atoms with Crippen LogP contribution in [-0.4, -0.2) is 4.98 Å². The van der Waals surface area contributed by atoms with Gasteiger partial charge in [-0.3, -0.25) is 0 Å². The predicted octanol–water partition coefficient (Wildman–Crippen LogP) is 3.10. The number of H-pyrrole nitrogens is 1. The molecule has 0 spiro atoms. The van der Waals surface area contributed by atoms with E-state index in [-0.39, 0.29) is 10.4 Å². The summed E-state index contributed by atoms with van der Waals surface area (Å²) >= 11 is 5.54. The number of benzene rings is 1. The van der Waals surface area contributed by atoms with Crippen molar-refractivity contribution in [1.29, 1.82) is 0 Å². The Morgan fingerprint density at radius 1 is 1.17 bits per heavy atom. The summed E-state index contributed by atoms with van der Waals surface area (Å²) in [6.45, 7) is 0. The van der Waals surface area contributed by atoms with E-state index >= 15 is 0 Å². The minimum absolute atomic E-state index is 0.108. The first-order chi connectivity index (χ1) is 5.70. The van der Waals surface area contributed by atoms with Gasteiger partial charge in [0.25, 0.3) is 0 Å². The van der Waals surface area contributed by atoms with Gasteiger partial charge in [0, 0.05) is 6.20 Å². The summed E-state index contributed by atoms with van der Waals surface area (Å²) < 4.78 is 25.7. The van der Waals surface area contributed by atoms with Crippen molar-refractivity contribution in [3.8, 4) is 0 Å². The van der Waals surface area contributed by atoms with E-state index in [2.05, 4.69) is 4.98 Å². The van der Waals surface area contributed by atoms with Crippen LogP contribution in [0.1, 0.15) is 0 Å². The Kier molecular flexibility index (Phi) is 1.54. The van der Waals surface area contributed by atoms with E-state index in [1.165, 1.54) is 12.1 Å². The lowest BCUT2D eigenvalue weighted by Gasteiger charge is -1.94. The van der Waals surface area contributed by atoms with Gasteiger partial charge in [-0.2, -0.15) is 0 Å². The monoisotopic (exact) mass is 187 g/mol. The molecule has 0 aliphatic heterocycles. The molecule has 12 heavy (non-hydrogen) atoms. The summed E-state index contributed by atoms with van der Waals surface area (Å²) in [5.74, 6) is -1.14. The lowest BCUT2D eigenvalue weighted by molar-refractivity contribution is 0.623. The predicted molar refractivity (Wildman–Crippen MR) is 43.2 cm³/mol. The number of hydrogen-bond donors (Lipinski definition) is 1. The zero-order valence-corrected chi connectivity index (χ0v) is 6.62. The SMILES string of the molecule is Fc1ccc2[nH]cc(F)c2c1Cl. The number of nitrogens with one attached hydrogen (secondary N) is 1. The lowest BCUT2D eigenvalue weighted by atomic mass is 10.2. The molecule has 1 aromatic carbocycles. The van der Waals surface area contributed by atoms with Gasteiger partial charge in [-0.1, -0.05) is 11.6 Å². The van der Waals surface area contributed by atoms with E-state index in [9.17, 15) is 8.78 Å². The molecule has 62 valence electrons. The van der Waals surface area contributed by atoms with Gasteiger partial charge in [-0.05, 0) is 12.1 Å². The molecule has 0 atom stereocenters. The maximum Gasteiger partial charge on any atom is 0.150 e. The van der Waals surface area contributed by atoms with Crippen LogP contribution in [0.2, 0.25) is 5.02 Å². The van der Waals surface area contributed by atoms with Crippen molar-refractivity contribution in [3.63, 3.8) is 0 Å². The van der Waals surface area contributed by atoms with Crippen LogP contribution in [0, 0.1) is 11.6 Å². The summed E-state index contributed by atoms with van der Waals surface area (Å²) in [6, 6.07) is 2.64. The van der Waals surface area contributed by atoms with Crippen molar-refractivity contribution in [2.24, 2.45) is 0 Å². The van der Waals surface area contributed by atoms with Crippen molar-refractivity contribution in [3.05, 3.63) is 35.0 Å². The Hall–Kier alpha value is -1.09. The molecule has 1 nitrogen and oxygen atoms in total. The van der Waals surface area contributed by atoms with Crippen LogP contribution in [0.3, 0.4) is 0 Å². The van der Waals surface area contributed by atoms with Crippen molar-refractivity contribution in [2.75, 3.05) is 0 Å². The van der Waals surface area contributed by atoms with Crippen molar-refractivity contribution in [2.45, 2.75) is 0 Å². The average Bonchev–Trinajstić information content (AvgIpc) is 2.41. The van der Waals surface area contributed by atoms with Crippen LogP contribution < -0.4 is 0 Å². The molecule has 1 heterocycles. The van der Waals surface area contributed by atoms with Gasteiger partial charge < -0.3 is 4.98 Å². The fourth-order valence-electron chi connectivity index (χ4n) is 1.12. The zero-order valence-electron chi connectivity index (χ0n) is 5.87. The lowest BCUT2D eigenvalue weighted by Crippen LogP contribution is -1.78. The van der Waals surface area contributed by atoms with E-state index in [1.807, 2.05) is 0 Å². The fourth-order valence-corrected chi connectivity index (χ4v) is 1.37. The minimum Gasteiger partial charge on any atom is -0.358 e. The molecule has 0 saturated carbocycles. The number of halogens is 3. The van der Waals surface area contributed by atoms with Crippen molar-refractivity contribution < 1.29 is 8.78 Å². The molecule has 0 bridgehead atoms. The van der Waals surface area contributed by atoms with E-state index in [4.69, 9.17) is 11.6 Å². The molecule has 0 radical (unpaired) electrons. The van der Waals surface area contributed by atoms with Gasteiger partial charge >= 0.3 is 0 Å². The molecule has 1 N–H and O–H groups in total. The van der Waals surface area contributed by atoms with Gasteiger partial charge in [0.1, 0.15) is 11.6 Å². The Morgan fingerprint density at radius 3 is 2.67 bits per heavy atom. The van der Waals surface area contributed by atoms with Crippen LogP contribution in [0.15, 0.2) is 18.3 Å². The van der Waals surface area contributed by atoms with E-state index < -0.39 is 11.6 Å². The first-order valence-electron chi connectivity index (χ1n) is 3.30. The second-order valence-electron chi connectivity index (χ2n) is 2.42. The van der Waals surface area contributed by atoms with E-state index in [0.717, 1.165) is 6.20 Å². The van der Waals surface area contributed by atoms with Gasteiger partial charge in [0.05, 0.1) is 15.9 Å². The second kappa shape index (κ2) is 2.45. The van der Waals surface area contributed by atoms with Crippen LogP contribution in [-0.2, 0) is 0 Å². The maximum atomic E-state index is 12.9. The quantitative estimate of drug-likeness (QED) is 0.652. The summed E-state index contributed by atoms with van der Waals surface area (Å²) in [6.07, 6.45) is 1.15. The average molecular weight is 188 g/mol. The third-order valence-electron chi connectivity index (χ3n) is 1.69. The first-order valence-corrected chi connectivity index (χ1v) is 3.68. The highest BCUT2D eigenvalue weighted by molar-refractivity contribution is 6.35. The van der Waals surface area contributed by atoms with Crippen molar-refractivity contribution in [1.82, 2.24) is 4.98 Å². The number of rotatable bonds is 0. The summed E-state index contributed by atoms with van der Waals surface area (Å²) in [7, 11) is 0. The zero-order chi connectivity index (χ0) is 8.72. The Labute approximate surface area is 72.0 Å². The van der Waals surface area contributed by atoms with E-state index in [0.29, 0.717) is 5.52 Å². The normalized spacial score (nSPS) is 10.9. The molecule has 0 saturated heterocycles. The van der Waals surface area contributed by atoms with Crippen LogP contribution >= 0.6 is 11.6 Å². The highest BCUT2D eigenvalue weighted by Crippen LogP contribution is 2.27. The second-order valence-corrected chi connectivity index (χ2v) is 2.80. The highest BCUT2D eigenvalue weighted by atomic mass is 35.5. The topological polar surface area (TPSA) is 15.8 Å². The molecular weight excluding hydrogens is 184 g/mol. The third-order valence-corrected chi connectivity index (χ3v) is 2.06. The standard InChI is InChI=1S/C8H4ClF2N/c9-8-4(10)1-2-6-7(8)5(11)3-12-6/h1-3,12H. The molecule has 2 rings (SSSR count). The summed E-state index contributed by atoms with van der Waals surface area (Å²) in [4.78, 5) is 2.63. The Bertz CT molecular complexity index is 436. The molecule has 1 aromatic heterocycles. The van der Waals surface area contributed by atoms with Crippen LogP contribution in [0.4, 0.5) is 8.78 Å².